The molecule has 4 nitrogen and oxygen atoms in total. The smallest absolute Gasteiger partial charge is 0.306 e. The van der Waals surface area contributed by atoms with Crippen molar-refractivity contribution in [2.24, 2.45) is 0 Å². The lowest BCUT2D eigenvalue weighted by Gasteiger charge is -2.18. The van der Waals surface area contributed by atoms with Gasteiger partial charge in [0.15, 0.2) is 0 Å². The molecule has 0 saturated carbocycles. The van der Waals surface area contributed by atoms with Gasteiger partial charge in [-0.15, -0.1) is 0 Å². The third kappa shape index (κ3) is 32.4. The van der Waals surface area contributed by atoms with Crippen LogP contribution in [0.5, 0.6) is 0 Å². The van der Waals surface area contributed by atoms with Crippen molar-refractivity contribution in [1.82, 2.24) is 0 Å². The van der Waals surface area contributed by atoms with E-state index in [9.17, 15) is 9.59 Å². The molecule has 1 N–H and O–H groups in total. The minimum Gasteiger partial charge on any atom is -0.481 e. The van der Waals surface area contributed by atoms with E-state index >= 15 is 0 Å². The molecule has 0 amide bonds. The van der Waals surface area contributed by atoms with Crippen LogP contribution < -0.4 is 0 Å². The molecule has 0 aliphatic heterocycles. The Morgan fingerprint density at radius 1 is 0.524 bits per heavy atom. The van der Waals surface area contributed by atoms with Crippen LogP contribution in [0.15, 0.2) is 48.6 Å². The van der Waals surface area contributed by atoms with Crippen molar-refractivity contribution in [1.29, 1.82) is 0 Å². The third-order valence-electron chi connectivity index (χ3n) is 7.55. The first-order valence-corrected chi connectivity index (χ1v) is 17.6. The van der Waals surface area contributed by atoms with Crippen LogP contribution in [0, 0.1) is 0 Å². The van der Waals surface area contributed by atoms with Crippen LogP contribution in [0.25, 0.3) is 0 Å². The van der Waals surface area contributed by atoms with Crippen molar-refractivity contribution in [3.05, 3.63) is 48.6 Å². The first-order chi connectivity index (χ1) is 20.6. The van der Waals surface area contributed by atoms with E-state index < -0.39 is 5.97 Å². The minimum atomic E-state index is -0.720. The zero-order chi connectivity index (χ0) is 30.8. The Balaban J connectivity index is 4.10. The number of hydrogen-bond acceptors (Lipinski definition) is 3. The Hall–Kier alpha value is -2.10. The number of carbonyl (C=O) groups is 2. The number of aliphatic carboxylic acids is 1. The highest BCUT2D eigenvalue weighted by molar-refractivity contribution is 5.69. The predicted octanol–water partition coefficient (Wildman–Crippen LogP) is 12.0. The Kier molecular flexibility index (Phi) is 31.7. The van der Waals surface area contributed by atoms with Crippen molar-refractivity contribution in [3.8, 4) is 0 Å². The Morgan fingerprint density at radius 2 is 0.952 bits per heavy atom. The van der Waals surface area contributed by atoms with Crippen molar-refractivity contribution in [3.63, 3.8) is 0 Å². The van der Waals surface area contributed by atoms with Crippen LogP contribution in [0.2, 0.25) is 0 Å². The van der Waals surface area contributed by atoms with E-state index in [-0.39, 0.29) is 18.5 Å². The van der Waals surface area contributed by atoms with Crippen LogP contribution in [-0.2, 0) is 14.3 Å². The monoisotopic (exact) mass is 586 g/mol. The van der Waals surface area contributed by atoms with Gasteiger partial charge in [-0.05, 0) is 77.0 Å². The molecule has 0 radical (unpaired) electrons. The van der Waals surface area contributed by atoms with Gasteiger partial charge in [0.1, 0.15) is 6.10 Å². The zero-order valence-corrected chi connectivity index (χ0v) is 27.5. The third-order valence-corrected chi connectivity index (χ3v) is 7.55. The van der Waals surface area contributed by atoms with Crippen LogP contribution >= 0.6 is 0 Å². The Bertz CT molecular complexity index is 719. The summed E-state index contributed by atoms with van der Waals surface area (Å²) in [6.07, 6.45) is 44.0. The first-order valence-electron chi connectivity index (χ1n) is 17.6. The highest BCUT2D eigenvalue weighted by Gasteiger charge is 2.14. The summed E-state index contributed by atoms with van der Waals surface area (Å²) in [5, 5.41) is 8.81. The van der Waals surface area contributed by atoms with Gasteiger partial charge in [-0.25, -0.2) is 0 Å². The van der Waals surface area contributed by atoms with E-state index in [1.807, 2.05) is 0 Å². The summed E-state index contributed by atoms with van der Waals surface area (Å²) in [6, 6.07) is 0. The van der Waals surface area contributed by atoms with E-state index in [0.29, 0.717) is 6.42 Å². The molecule has 0 bridgehead atoms. The predicted molar refractivity (Wildman–Crippen MR) is 181 cm³/mol. The molecule has 0 fully saturated rings. The lowest BCUT2D eigenvalue weighted by Crippen LogP contribution is -2.18. The summed E-state index contributed by atoms with van der Waals surface area (Å²) in [6.45, 7) is 4.49. The maximum Gasteiger partial charge on any atom is 0.306 e. The molecule has 0 saturated heterocycles. The molecular weight excluding hydrogens is 520 g/mol. The molecule has 0 aliphatic carbocycles. The summed E-state index contributed by atoms with van der Waals surface area (Å²) >= 11 is 0. The normalized spacial score (nSPS) is 12.8. The first kappa shape index (κ1) is 39.9. The molecule has 4 heteroatoms. The molecule has 0 aromatic heterocycles. The maximum absolute atomic E-state index is 12.5. The highest BCUT2D eigenvalue weighted by atomic mass is 16.5. The molecule has 0 rings (SSSR count). The fourth-order valence-electron chi connectivity index (χ4n) is 4.94. The van der Waals surface area contributed by atoms with E-state index in [4.69, 9.17) is 9.84 Å². The highest BCUT2D eigenvalue weighted by Crippen LogP contribution is 2.18. The number of carboxylic acid groups (broad SMARTS) is 1. The van der Waals surface area contributed by atoms with Gasteiger partial charge in [0, 0.05) is 12.8 Å². The van der Waals surface area contributed by atoms with Gasteiger partial charge in [0.25, 0.3) is 0 Å². The fourth-order valence-corrected chi connectivity index (χ4v) is 4.94. The average Bonchev–Trinajstić information content (AvgIpc) is 2.97. The molecule has 0 spiro atoms. The molecule has 1 atom stereocenters. The van der Waals surface area contributed by atoms with Crippen molar-refractivity contribution >= 4 is 11.9 Å². The van der Waals surface area contributed by atoms with Crippen molar-refractivity contribution in [2.45, 2.75) is 180 Å². The summed E-state index contributed by atoms with van der Waals surface area (Å²) in [5.74, 6) is -0.788. The van der Waals surface area contributed by atoms with E-state index in [1.165, 1.54) is 70.6 Å². The van der Waals surface area contributed by atoms with Gasteiger partial charge < -0.3 is 9.84 Å². The van der Waals surface area contributed by atoms with E-state index in [0.717, 1.165) is 77.0 Å². The Morgan fingerprint density at radius 3 is 1.48 bits per heavy atom. The lowest BCUT2D eigenvalue weighted by atomic mass is 10.0. The molecule has 0 aromatic carbocycles. The molecule has 1 unspecified atom stereocenters. The molecule has 0 aliphatic rings. The number of carboxylic acids is 1. The second kappa shape index (κ2) is 33.4. The second-order valence-electron chi connectivity index (χ2n) is 11.7. The number of ether oxygens (including phenoxy) is 1. The van der Waals surface area contributed by atoms with Crippen LogP contribution in [0.4, 0.5) is 0 Å². The number of carbonyl (C=O) groups excluding carboxylic acids is 1. The number of unbranched alkanes of at least 4 members (excludes halogenated alkanes) is 14. The maximum atomic E-state index is 12.5. The molecular formula is C38H66O4. The van der Waals surface area contributed by atoms with Crippen molar-refractivity contribution < 1.29 is 19.4 Å². The van der Waals surface area contributed by atoms with Gasteiger partial charge in [-0.2, -0.15) is 0 Å². The summed E-state index contributed by atoms with van der Waals surface area (Å²) in [5.41, 5.74) is 0. The second-order valence-corrected chi connectivity index (χ2v) is 11.7. The summed E-state index contributed by atoms with van der Waals surface area (Å²) in [7, 11) is 0. The largest absolute Gasteiger partial charge is 0.481 e. The molecule has 42 heavy (non-hydrogen) atoms. The number of rotatable bonds is 31. The zero-order valence-electron chi connectivity index (χ0n) is 27.5. The lowest BCUT2D eigenvalue weighted by molar-refractivity contribution is -0.150. The molecule has 0 aromatic rings. The summed E-state index contributed by atoms with van der Waals surface area (Å²) in [4.78, 5) is 23.2. The SMILES string of the molecule is CCCCC/C=C\C/C=C\C/C=C\C/C=C\CCCC(=O)OC(CCCCCCCCCC)CCCCCCC(=O)O. The van der Waals surface area contributed by atoms with Gasteiger partial charge in [-0.1, -0.05) is 133 Å². The minimum absolute atomic E-state index is 0.00797. The number of hydrogen-bond donors (Lipinski definition) is 1. The van der Waals surface area contributed by atoms with Crippen LogP contribution in [-0.4, -0.2) is 23.1 Å². The fraction of sp³-hybridized carbons (Fsp3) is 0.737. The molecule has 0 heterocycles. The number of allylic oxidation sites excluding steroid dienone is 8. The van der Waals surface area contributed by atoms with E-state index in [1.54, 1.807) is 0 Å². The Labute approximate surface area is 260 Å². The molecule has 242 valence electrons. The van der Waals surface area contributed by atoms with Gasteiger partial charge in [0.2, 0.25) is 0 Å². The quantitative estimate of drug-likeness (QED) is 0.0498. The van der Waals surface area contributed by atoms with Crippen molar-refractivity contribution in [2.75, 3.05) is 0 Å². The van der Waals surface area contributed by atoms with Crippen LogP contribution in [0.1, 0.15) is 174 Å². The topological polar surface area (TPSA) is 63.6 Å². The summed E-state index contributed by atoms with van der Waals surface area (Å²) < 4.78 is 5.90. The average molecular weight is 587 g/mol. The van der Waals surface area contributed by atoms with Gasteiger partial charge in [0.05, 0.1) is 0 Å². The van der Waals surface area contributed by atoms with E-state index in [2.05, 4.69) is 62.5 Å². The van der Waals surface area contributed by atoms with Gasteiger partial charge >= 0.3 is 11.9 Å². The standard InChI is InChI=1S/C38H66O4/c1-3-5-7-9-11-13-14-15-16-17-18-19-20-21-23-25-31-35-38(41)42-36(33-29-26-27-30-34-37(39)40)32-28-24-22-12-10-8-6-4-2/h11,13,15-16,18-19,21,23,36H,3-10,12,14,17,20,22,24-35H2,1-2H3,(H,39,40)/b13-11-,16-15-,19-18-,23-21-. The van der Waals surface area contributed by atoms with Crippen LogP contribution in [0.3, 0.4) is 0 Å². The number of esters is 1. The van der Waals surface area contributed by atoms with Gasteiger partial charge in [-0.3, -0.25) is 9.59 Å².